The van der Waals surface area contributed by atoms with Crippen molar-refractivity contribution in [2.75, 3.05) is 13.2 Å². The van der Waals surface area contributed by atoms with Gasteiger partial charge in [-0.25, -0.2) is 0 Å². The van der Waals surface area contributed by atoms with Crippen molar-refractivity contribution >= 4 is 0 Å². The SMILES string of the molecule is OCC1CNC2c3ccoc3CCC2C1. The van der Waals surface area contributed by atoms with Crippen LogP contribution in [0.5, 0.6) is 0 Å². The molecule has 3 atom stereocenters. The topological polar surface area (TPSA) is 45.4 Å². The third-order valence-corrected chi connectivity index (χ3v) is 3.85. The van der Waals surface area contributed by atoms with E-state index in [0.29, 0.717) is 24.5 Å². The number of piperidine rings is 1. The molecule has 0 saturated carbocycles. The quantitative estimate of drug-likeness (QED) is 0.733. The summed E-state index contributed by atoms with van der Waals surface area (Å²) < 4.78 is 5.47. The second kappa shape index (κ2) is 3.65. The molecule has 0 radical (unpaired) electrons. The summed E-state index contributed by atoms with van der Waals surface area (Å²) in [6, 6.07) is 2.56. The fourth-order valence-corrected chi connectivity index (χ4v) is 3.04. The average molecular weight is 207 g/mol. The predicted molar refractivity (Wildman–Crippen MR) is 56.5 cm³/mol. The minimum Gasteiger partial charge on any atom is -0.469 e. The maximum Gasteiger partial charge on any atom is 0.108 e. The van der Waals surface area contributed by atoms with Crippen molar-refractivity contribution in [2.24, 2.45) is 11.8 Å². The van der Waals surface area contributed by atoms with Crippen molar-refractivity contribution in [3.05, 3.63) is 23.7 Å². The first-order chi connectivity index (χ1) is 7.38. The molecule has 3 rings (SSSR count). The summed E-state index contributed by atoms with van der Waals surface area (Å²) in [5.74, 6) is 2.28. The Morgan fingerprint density at radius 2 is 2.47 bits per heavy atom. The Balaban J connectivity index is 1.83. The molecule has 1 aromatic heterocycles. The Kier molecular flexibility index (Phi) is 2.29. The highest BCUT2D eigenvalue weighted by Gasteiger charge is 2.35. The predicted octanol–water partition coefficient (Wildman–Crippen LogP) is 1.48. The fraction of sp³-hybridized carbons (Fsp3) is 0.667. The van der Waals surface area contributed by atoms with Gasteiger partial charge in [0.25, 0.3) is 0 Å². The van der Waals surface area contributed by atoms with Gasteiger partial charge in [0.15, 0.2) is 0 Å². The van der Waals surface area contributed by atoms with Crippen LogP contribution in [0.25, 0.3) is 0 Å². The molecule has 2 aliphatic rings. The van der Waals surface area contributed by atoms with Crippen LogP contribution in [0.4, 0.5) is 0 Å². The van der Waals surface area contributed by atoms with Gasteiger partial charge in [-0.15, -0.1) is 0 Å². The largest absolute Gasteiger partial charge is 0.469 e. The van der Waals surface area contributed by atoms with Crippen molar-refractivity contribution < 1.29 is 9.52 Å². The van der Waals surface area contributed by atoms with E-state index in [-0.39, 0.29) is 0 Å². The van der Waals surface area contributed by atoms with Gasteiger partial charge in [0.05, 0.1) is 6.26 Å². The highest BCUT2D eigenvalue weighted by atomic mass is 16.3. The molecule has 1 fully saturated rings. The lowest BCUT2D eigenvalue weighted by molar-refractivity contribution is 0.132. The summed E-state index contributed by atoms with van der Waals surface area (Å²) >= 11 is 0. The number of hydrogen-bond donors (Lipinski definition) is 2. The molecule has 1 saturated heterocycles. The van der Waals surface area contributed by atoms with Gasteiger partial charge < -0.3 is 14.8 Å². The Bertz CT molecular complexity index is 347. The van der Waals surface area contributed by atoms with Crippen molar-refractivity contribution in [3.8, 4) is 0 Å². The molecule has 3 unspecified atom stereocenters. The van der Waals surface area contributed by atoms with Crippen LogP contribution in [0.3, 0.4) is 0 Å². The van der Waals surface area contributed by atoms with Crippen molar-refractivity contribution in [1.29, 1.82) is 0 Å². The number of aliphatic hydroxyl groups excluding tert-OH is 1. The first-order valence-electron chi connectivity index (χ1n) is 5.79. The maximum absolute atomic E-state index is 9.18. The lowest BCUT2D eigenvalue weighted by Gasteiger charge is -2.39. The second-order valence-corrected chi connectivity index (χ2v) is 4.77. The number of aliphatic hydroxyl groups is 1. The lowest BCUT2D eigenvalue weighted by Crippen LogP contribution is -2.42. The average Bonchev–Trinajstić information content (AvgIpc) is 2.76. The first kappa shape index (κ1) is 9.43. The van der Waals surface area contributed by atoms with Crippen molar-refractivity contribution in [3.63, 3.8) is 0 Å². The maximum atomic E-state index is 9.18. The standard InChI is InChI=1S/C12H17NO2/c14-7-8-5-9-1-2-11-10(3-4-15-11)12(9)13-6-8/h3-4,8-9,12-14H,1-2,5-7H2. The lowest BCUT2D eigenvalue weighted by atomic mass is 9.75. The normalized spacial score (nSPS) is 34.6. The monoisotopic (exact) mass is 207 g/mol. The van der Waals surface area contributed by atoms with E-state index in [1.807, 2.05) is 0 Å². The highest BCUT2D eigenvalue weighted by molar-refractivity contribution is 5.26. The molecule has 15 heavy (non-hydrogen) atoms. The van der Waals surface area contributed by atoms with Gasteiger partial charge in [0, 0.05) is 31.2 Å². The van der Waals surface area contributed by atoms with Crippen LogP contribution in [0.15, 0.2) is 16.7 Å². The summed E-state index contributed by atoms with van der Waals surface area (Å²) in [5.41, 5.74) is 1.35. The van der Waals surface area contributed by atoms with Crippen LogP contribution in [-0.2, 0) is 6.42 Å². The molecule has 3 heteroatoms. The van der Waals surface area contributed by atoms with Crippen LogP contribution in [-0.4, -0.2) is 18.3 Å². The van der Waals surface area contributed by atoms with E-state index in [1.54, 1.807) is 6.26 Å². The number of rotatable bonds is 1. The Morgan fingerprint density at radius 3 is 3.33 bits per heavy atom. The van der Waals surface area contributed by atoms with Gasteiger partial charge in [-0.05, 0) is 30.7 Å². The molecule has 0 bridgehead atoms. The van der Waals surface area contributed by atoms with Crippen LogP contribution < -0.4 is 5.32 Å². The molecular formula is C12H17NO2. The summed E-state index contributed by atoms with van der Waals surface area (Å²) in [6.07, 6.45) is 5.20. The van der Waals surface area contributed by atoms with E-state index < -0.39 is 0 Å². The molecule has 82 valence electrons. The Morgan fingerprint density at radius 1 is 1.53 bits per heavy atom. The number of hydrogen-bond acceptors (Lipinski definition) is 3. The van der Waals surface area contributed by atoms with Gasteiger partial charge in [-0.1, -0.05) is 0 Å². The van der Waals surface area contributed by atoms with E-state index in [0.717, 1.165) is 25.1 Å². The molecule has 0 aromatic carbocycles. The molecule has 2 heterocycles. The van der Waals surface area contributed by atoms with E-state index in [2.05, 4.69) is 11.4 Å². The smallest absolute Gasteiger partial charge is 0.108 e. The van der Waals surface area contributed by atoms with E-state index in [9.17, 15) is 5.11 Å². The minimum absolute atomic E-state index is 0.314. The van der Waals surface area contributed by atoms with Gasteiger partial charge >= 0.3 is 0 Å². The zero-order chi connectivity index (χ0) is 10.3. The summed E-state index contributed by atoms with van der Waals surface area (Å²) in [6.45, 7) is 1.25. The molecular weight excluding hydrogens is 190 g/mol. The van der Waals surface area contributed by atoms with E-state index >= 15 is 0 Å². The third-order valence-electron chi connectivity index (χ3n) is 3.85. The molecule has 1 aliphatic carbocycles. The minimum atomic E-state index is 0.314. The molecule has 0 spiro atoms. The van der Waals surface area contributed by atoms with Gasteiger partial charge in [-0.3, -0.25) is 0 Å². The Hall–Kier alpha value is -0.800. The van der Waals surface area contributed by atoms with E-state index in [4.69, 9.17) is 4.42 Å². The molecule has 1 aromatic rings. The van der Waals surface area contributed by atoms with E-state index in [1.165, 1.54) is 12.0 Å². The summed E-state index contributed by atoms with van der Waals surface area (Å²) in [4.78, 5) is 0. The first-order valence-corrected chi connectivity index (χ1v) is 5.79. The second-order valence-electron chi connectivity index (χ2n) is 4.77. The summed E-state index contributed by atoms with van der Waals surface area (Å²) in [5, 5.41) is 12.7. The molecule has 1 aliphatic heterocycles. The number of fused-ring (bicyclic) bond motifs is 3. The van der Waals surface area contributed by atoms with Crippen molar-refractivity contribution in [1.82, 2.24) is 5.32 Å². The van der Waals surface area contributed by atoms with Gasteiger partial charge in [-0.2, -0.15) is 0 Å². The van der Waals surface area contributed by atoms with Crippen molar-refractivity contribution in [2.45, 2.75) is 25.3 Å². The number of furan rings is 1. The number of nitrogens with one attached hydrogen (secondary N) is 1. The molecule has 2 N–H and O–H groups in total. The zero-order valence-corrected chi connectivity index (χ0v) is 8.78. The van der Waals surface area contributed by atoms with Gasteiger partial charge in [0.1, 0.15) is 5.76 Å². The fourth-order valence-electron chi connectivity index (χ4n) is 3.04. The van der Waals surface area contributed by atoms with Crippen LogP contribution in [0.2, 0.25) is 0 Å². The van der Waals surface area contributed by atoms with Crippen LogP contribution in [0, 0.1) is 11.8 Å². The molecule has 3 nitrogen and oxygen atoms in total. The van der Waals surface area contributed by atoms with Crippen LogP contribution in [0.1, 0.15) is 30.2 Å². The zero-order valence-electron chi connectivity index (χ0n) is 8.78. The summed E-state index contributed by atoms with van der Waals surface area (Å²) in [7, 11) is 0. The Labute approximate surface area is 89.5 Å². The van der Waals surface area contributed by atoms with Crippen LogP contribution >= 0.6 is 0 Å². The molecule has 0 amide bonds. The number of aryl methyl sites for hydroxylation is 1. The highest BCUT2D eigenvalue weighted by Crippen LogP contribution is 2.40. The third kappa shape index (κ3) is 1.50. The van der Waals surface area contributed by atoms with Gasteiger partial charge in [0.2, 0.25) is 0 Å².